The van der Waals surface area contributed by atoms with Gasteiger partial charge < -0.3 is 19.7 Å². The largest absolute Gasteiger partial charge is 0.494 e. The van der Waals surface area contributed by atoms with Gasteiger partial charge in [-0.25, -0.2) is 9.78 Å². The number of carbonyl (C=O) groups excluding carboxylic acids is 1. The van der Waals surface area contributed by atoms with Gasteiger partial charge >= 0.3 is 5.97 Å². The highest BCUT2D eigenvalue weighted by Gasteiger charge is 2.22. The molecule has 138 valence electrons. The number of fused-ring (bicyclic) bond motifs is 4. The first-order valence-corrected chi connectivity index (χ1v) is 8.87. The fraction of sp³-hybridized carbons (Fsp3) is 0.389. The molecular weight excluding hydrogens is 358 g/mol. The van der Waals surface area contributed by atoms with E-state index >= 15 is 0 Å². The van der Waals surface area contributed by atoms with Gasteiger partial charge in [0, 0.05) is 12.7 Å². The number of nitrogens with zero attached hydrogens (tertiary/aromatic N) is 2. The third kappa shape index (κ3) is 4.54. The first-order chi connectivity index (χ1) is 12.5. The predicted molar refractivity (Wildman–Crippen MR) is 95.6 cm³/mol. The Hall–Kier alpha value is -2.54. The van der Waals surface area contributed by atoms with Crippen LogP contribution in [0.1, 0.15) is 35.3 Å². The Labute approximate surface area is 155 Å². The molecule has 2 N–H and O–H groups in total. The number of aromatic nitrogens is 2. The summed E-state index contributed by atoms with van der Waals surface area (Å²) in [5.41, 5.74) is 1.00. The van der Waals surface area contributed by atoms with Crippen molar-refractivity contribution in [1.82, 2.24) is 14.9 Å². The lowest BCUT2D eigenvalue weighted by molar-refractivity contribution is -0.139. The zero-order valence-electron chi connectivity index (χ0n) is 14.2. The molecule has 0 spiro atoms. The van der Waals surface area contributed by atoms with E-state index in [1.807, 2.05) is 10.8 Å². The van der Waals surface area contributed by atoms with Crippen LogP contribution >= 0.6 is 11.6 Å². The molecule has 8 heteroatoms. The first-order valence-electron chi connectivity index (χ1n) is 8.49. The highest BCUT2D eigenvalue weighted by Crippen LogP contribution is 2.23. The Bertz CT molecular complexity index is 805. The van der Waals surface area contributed by atoms with Crippen molar-refractivity contribution >= 4 is 23.5 Å². The maximum Gasteiger partial charge on any atom is 0.326 e. The predicted octanol–water partition coefficient (Wildman–Crippen LogP) is 2.52. The Morgan fingerprint density at radius 3 is 3.04 bits per heavy atom. The zero-order chi connectivity index (χ0) is 18.5. The number of amides is 1. The standard InChI is InChI=1S/C18H20ClN3O4/c19-15-5-4-13-9-14(15)17(23)21-16(18(24)25)6-3-12-10-22(11-20-12)7-1-2-8-26-13/h4-5,9-11,16H,1-3,6-8H2,(H,21,23)(H,24,25). The lowest BCUT2D eigenvalue weighted by Crippen LogP contribution is -2.41. The van der Waals surface area contributed by atoms with Crippen LogP contribution < -0.4 is 10.1 Å². The van der Waals surface area contributed by atoms with Gasteiger partial charge in [0.1, 0.15) is 11.8 Å². The molecular formula is C18H20ClN3O4. The van der Waals surface area contributed by atoms with Gasteiger partial charge in [-0.15, -0.1) is 0 Å². The van der Waals surface area contributed by atoms with Crippen molar-refractivity contribution in [3.63, 3.8) is 0 Å². The summed E-state index contributed by atoms with van der Waals surface area (Å²) in [6.07, 6.45) is 6.14. The van der Waals surface area contributed by atoms with E-state index in [1.165, 1.54) is 0 Å². The summed E-state index contributed by atoms with van der Waals surface area (Å²) in [4.78, 5) is 28.3. The summed E-state index contributed by atoms with van der Waals surface area (Å²) >= 11 is 6.10. The molecule has 0 radical (unpaired) electrons. The highest BCUT2D eigenvalue weighted by atomic mass is 35.5. The maximum absolute atomic E-state index is 12.5. The lowest BCUT2D eigenvalue weighted by atomic mass is 10.1. The molecule has 26 heavy (non-hydrogen) atoms. The summed E-state index contributed by atoms with van der Waals surface area (Å²) in [7, 11) is 0. The van der Waals surface area contributed by atoms with Crippen molar-refractivity contribution in [2.45, 2.75) is 38.3 Å². The van der Waals surface area contributed by atoms with Crippen molar-refractivity contribution in [3.05, 3.63) is 47.0 Å². The Morgan fingerprint density at radius 1 is 1.38 bits per heavy atom. The van der Waals surface area contributed by atoms with Gasteiger partial charge in [0.05, 0.1) is 29.2 Å². The maximum atomic E-state index is 12.5. The minimum atomic E-state index is -1.09. The molecule has 1 aliphatic rings. The second-order valence-corrected chi connectivity index (χ2v) is 6.61. The molecule has 1 aromatic heterocycles. The molecule has 0 saturated carbocycles. The van der Waals surface area contributed by atoms with Crippen LogP contribution in [0.2, 0.25) is 5.02 Å². The van der Waals surface area contributed by atoms with Gasteiger partial charge in [0.2, 0.25) is 0 Å². The third-order valence-electron chi connectivity index (χ3n) is 4.24. The van der Waals surface area contributed by atoms with Gasteiger partial charge in [-0.1, -0.05) is 11.6 Å². The lowest BCUT2D eigenvalue weighted by Gasteiger charge is -2.15. The van der Waals surface area contributed by atoms with Crippen LogP contribution in [0.4, 0.5) is 0 Å². The van der Waals surface area contributed by atoms with E-state index in [2.05, 4.69) is 10.3 Å². The molecule has 3 rings (SSSR count). The van der Waals surface area contributed by atoms with E-state index in [0.29, 0.717) is 18.8 Å². The number of rotatable bonds is 1. The van der Waals surface area contributed by atoms with Crippen LogP contribution in [-0.2, 0) is 17.8 Å². The minimum Gasteiger partial charge on any atom is -0.494 e. The number of imidazole rings is 1. The molecule has 0 aliphatic carbocycles. The van der Waals surface area contributed by atoms with E-state index in [0.717, 1.165) is 25.1 Å². The highest BCUT2D eigenvalue weighted by molar-refractivity contribution is 6.34. The number of aliphatic carboxylic acids is 1. The van der Waals surface area contributed by atoms with Crippen LogP contribution in [-0.4, -0.2) is 39.2 Å². The van der Waals surface area contributed by atoms with Gasteiger partial charge in [0.15, 0.2) is 0 Å². The fourth-order valence-electron chi connectivity index (χ4n) is 2.80. The molecule has 0 fully saturated rings. The van der Waals surface area contributed by atoms with E-state index in [-0.39, 0.29) is 17.0 Å². The Kier molecular flexibility index (Phi) is 5.78. The SMILES string of the molecule is O=C1NC(C(=O)O)CCc2cn(cn2)CCCCOc2ccc(Cl)c1c2. The van der Waals surface area contributed by atoms with Crippen molar-refractivity contribution in [2.24, 2.45) is 0 Å². The second-order valence-electron chi connectivity index (χ2n) is 6.20. The second kappa shape index (κ2) is 8.23. The van der Waals surface area contributed by atoms with Gasteiger partial charge in [-0.2, -0.15) is 0 Å². The smallest absolute Gasteiger partial charge is 0.326 e. The number of halogens is 1. The van der Waals surface area contributed by atoms with E-state index in [1.54, 1.807) is 24.5 Å². The molecule has 1 aromatic carbocycles. The Balaban J connectivity index is 1.84. The van der Waals surface area contributed by atoms with Gasteiger partial charge in [-0.3, -0.25) is 4.79 Å². The zero-order valence-corrected chi connectivity index (χ0v) is 14.9. The van der Waals surface area contributed by atoms with Crippen LogP contribution in [0.15, 0.2) is 30.7 Å². The molecule has 1 aliphatic heterocycles. The summed E-state index contributed by atoms with van der Waals surface area (Å²) < 4.78 is 7.66. The fourth-order valence-corrected chi connectivity index (χ4v) is 3.00. The first kappa shape index (κ1) is 18.3. The van der Waals surface area contributed by atoms with E-state index in [9.17, 15) is 14.7 Å². The molecule has 1 unspecified atom stereocenters. The van der Waals surface area contributed by atoms with Crippen LogP contribution in [0, 0.1) is 0 Å². The average molecular weight is 378 g/mol. The number of ether oxygens (including phenoxy) is 1. The van der Waals surface area contributed by atoms with E-state index in [4.69, 9.17) is 16.3 Å². The molecule has 0 saturated heterocycles. The number of carboxylic acids is 1. The molecule has 4 bridgehead atoms. The molecule has 1 amide bonds. The van der Waals surface area contributed by atoms with Crippen LogP contribution in [0.3, 0.4) is 0 Å². The normalized spacial score (nSPS) is 18.7. The number of carboxylic acid groups (broad SMARTS) is 1. The third-order valence-corrected chi connectivity index (χ3v) is 4.57. The molecule has 2 heterocycles. The number of carbonyl (C=O) groups is 2. The summed E-state index contributed by atoms with van der Waals surface area (Å²) in [5, 5.41) is 12.2. The van der Waals surface area contributed by atoms with E-state index < -0.39 is 17.9 Å². The molecule has 2 aromatic rings. The topological polar surface area (TPSA) is 93.5 Å². The van der Waals surface area contributed by atoms with Crippen molar-refractivity contribution in [1.29, 1.82) is 0 Å². The summed E-state index contributed by atoms with van der Waals surface area (Å²) in [6, 6.07) is 3.79. The van der Waals surface area contributed by atoms with Crippen molar-refractivity contribution < 1.29 is 19.4 Å². The number of hydrogen-bond acceptors (Lipinski definition) is 4. The monoisotopic (exact) mass is 377 g/mol. The molecule has 7 nitrogen and oxygen atoms in total. The van der Waals surface area contributed by atoms with Crippen molar-refractivity contribution in [3.8, 4) is 5.75 Å². The van der Waals surface area contributed by atoms with Crippen LogP contribution in [0.5, 0.6) is 5.75 Å². The Morgan fingerprint density at radius 2 is 2.23 bits per heavy atom. The number of hydrogen-bond donors (Lipinski definition) is 2. The molecule has 1 atom stereocenters. The number of benzene rings is 1. The minimum absolute atomic E-state index is 0.201. The quantitative estimate of drug-likeness (QED) is 0.796. The summed E-state index contributed by atoms with van der Waals surface area (Å²) in [5.74, 6) is -1.10. The number of nitrogens with one attached hydrogen (secondary N) is 1. The van der Waals surface area contributed by atoms with Crippen molar-refractivity contribution in [2.75, 3.05) is 6.61 Å². The van der Waals surface area contributed by atoms with Gasteiger partial charge in [0.25, 0.3) is 5.91 Å². The average Bonchev–Trinajstić information content (AvgIpc) is 3.06. The van der Waals surface area contributed by atoms with Crippen LogP contribution in [0.25, 0.3) is 0 Å². The number of aryl methyl sites for hydroxylation is 2. The van der Waals surface area contributed by atoms with Gasteiger partial charge in [-0.05, 0) is 43.9 Å². The summed E-state index contributed by atoms with van der Waals surface area (Å²) in [6.45, 7) is 1.34.